The first kappa shape index (κ1) is 7.78. The molecule has 0 amide bonds. The summed E-state index contributed by atoms with van der Waals surface area (Å²) >= 11 is 0. The molecule has 1 nitrogen and oxygen atoms in total. The highest BCUT2D eigenvalue weighted by atomic mass is 16.1. The van der Waals surface area contributed by atoms with E-state index in [-0.39, 0.29) is 5.41 Å². The predicted octanol–water partition coefficient (Wildman–Crippen LogP) is 2.57. The highest BCUT2D eigenvalue weighted by molar-refractivity contribution is 5.63. The summed E-state index contributed by atoms with van der Waals surface area (Å²) < 4.78 is 0. The minimum absolute atomic E-state index is 0.0810. The Balaban J connectivity index is 2.03. The topological polar surface area (TPSA) is 17.1 Å². The Morgan fingerprint density at radius 1 is 1.31 bits per heavy atom. The van der Waals surface area contributed by atoms with Crippen LogP contribution in [0.1, 0.15) is 32.1 Å². The Kier molecular flexibility index (Phi) is 1.47. The molecule has 3 aliphatic rings. The van der Waals surface area contributed by atoms with Crippen molar-refractivity contribution in [1.82, 2.24) is 0 Å². The first-order valence-electron chi connectivity index (χ1n) is 5.51. The fraction of sp³-hybridized carbons (Fsp3) is 0.750. The van der Waals surface area contributed by atoms with Gasteiger partial charge in [0.2, 0.25) is 0 Å². The molecule has 0 heterocycles. The van der Waals surface area contributed by atoms with Gasteiger partial charge >= 0.3 is 0 Å². The van der Waals surface area contributed by atoms with Crippen LogP contribution in [-0.4, -0.2) is 6.29 Å². The Morgan fingerprint density at radius 3 is 3.00 bits per heavy atom. The van der Waals surface area contributed by atoms with E-state index in [1.165, 1.54) is 32.0 Å². The summed E-state index contributed by atoms with van der Waals surface area (Å²) in [5.74, 6) is 2.05. The normalized spacial score (nSPS) is 52.2. The summed E-state index contributed by atoms with van der Waals surface area (Å²) in [6, 6.07) is 0. The number of hydrogen-bond acceptors (Lipinski definition) is 1. The van der Waals surface area contributed by atoms with E-state index in [0.717, 1.165) is 12.3 Å². The van der Waals surface area contributed by atoms with E-state index in [2.05, 4.69) is 12.2 Å². The van der Waals surface area contributed by atoms with E-state index in [1.807, 2.05) is 0 Å². The summed E-state index contributed by atoms with van der Waals surface area (Å²) in [4.78, 5) is 11.3. The molecule has 0 spiro atoms. The molecule has 3 aliphatic carbocycles. The minimum atomic E-state index is 0.0810. The molecule has 2 saturated carbocycles. The molecule has 0 aliphatic heterocycles. The van der Waals surface area contributed by atoms with Crippen LogP contribution in [0.5, 0.6) is 0 Å². The molecular weight excluding hydrogens is 160 g/mol. The van der Waals surface area contributed by atoms with Gasteiger partial charge < -0.3 is 4.79 Å². The lowest BCUT2D eigenvalue weighted by atomic mass is 9.62. The molecule has 0 aromatic carbocycles. The van der Waals surface area contributed by atoms with Crippen molar-refractivity contribution in [1.29, 1.82) is 0 Å². The van der Waals surface area contributed by atoms with Crippen molar-refractivity contribution in [3.8, 4) is 0 Å². The number of allylic oxidation sites excluding steroid dienone is 2. The third-order valence-electron chi connectivity index (χ3n) is 4.61. The fourth-order valence-corrected chi connectivity index (χ4v) is 3.98. The Morgan fingerprint density at radius 2 is 2.23 bits per heavy atom. The molecular formula is C12H16O. The Labute approximate surface area is 79.2 Å². The van der Waals surface area contributed by atoms with Crippen LogP contribution in [0.15, 0.2) is 12.2 Å². The van der Waals surface area contributed by atoms with Crippen LogP contribution in [-0.2, 0) is 4.79 Å². The van der Waals surface area contributed by atoms with Crippen LogP contribution in [0.25, 0.3) is 0 Å². The van der Waals surface area contributed by atoms with Gasteiger partial charge in [-0.05, 0) is 37.0 Å². The third kappa shape index (κ3) is 0.806. The molecule has 13 heavy (non-hydrogen) atoms. The van der Waals surface area contributed by atoms with Crippen molar-refractivity contribution in [2.24, 2.45) is 23.2 Å². The van der Waals surface area contributed by atoms with Crippen LogP contribution in [0.2, 0.25) is 0 Å². The maximum Gasteiger partial charge on any atom is 0.127 e. The summed E-state index contributed by atoms with van der Waals surface area (Å²) in [5, 5.41) is 0. The molecule has 0 unspecified atom stereocenters. The highest BCUT2D eigenvalue weighted by Crippen LogP contribution is 2.60. The molecule has 3 rings (SSSR count). The number of hydrogen-bond donors (Lipinski definition) is 0. The molecule has 0 aromatic heterocycles. The molecule has 0 N–H and O–H groups in total. The quantitative estimate of drug-likeness (QED) is 0.443. The largest absolute Gasteiger partial charge is 0.303 e. The van der Waals surface area contributed by atoms with E-state index < -0.39 is 0 Å². The Hall–Kier alpha value is -0.590. The van der Waals surface area contributed by atoms with Crippen molar-refractivity contribution >= 4 is 6.29 Å². The van der Waals surface area contributed by atoms with Crippen molar-refractivity contribution in [3.63, 3.8) is 0 Å². The summed E-state index contributed by atoms with van der Waals surface area (Å²) in [5.41, 5.74) is 0.0810. The van der Waals surface area contributed by atoms with Crippen molar-refractivity contribution < 1.29 is 4.79 Å². The molecule has 0 aromatic rings. The van der Waals surface area contributed by atoms with Crippen LogP contribution in [0, 0.1) is 23.2 Å². The monoisotopic (exact) mass is 176 g/mol. The van der Waals surface area contributed by atoms with Gasteiger partial charge in [0, 0.05) is 5.41 Å². The molecule has 2 bridgehead atoms. The molecule has 1 heteroatoms. The maximum atomic E-state index is 11.3. The lowest BCUT2D eigenvalue weighted by molar-refractivity contribution is -0.122. The van der Waals surface area contributed by atoms with E-state index in [1.54, 1.807) is 0 Å². The van der Waals surface area contributed by atoms with E-state index >= 15 is 0 Å². The van der Waals surface area contributed by atoms with Gasteiger partial charge in [0.05, 0.1) is 0 Å². The van der Waals surface area contributed by atoms with Crippen LogP contribution in [0.4, 0.5) is 0 Å². The molecule has 2 fully saturated rings. The highest BCUT2D eigenvalue weighted by Gasteiger charge is 2.56. The second kappa shape index (κ2) is 2.46. The lowest BCUT2D eigenvalue weighted by Crippen LogP contribution is -2.38. The number of rotatable bonds is 1. The van der Waals surface area contributed by atoms with Crippen LogP contribution in [0.3, 0.4) is 0 Å². The number of aldehydes is 1. The van der Waals surface area contributed by atoms with Crippen molar-refractivity contribution in [2.45, 2.75) is 32.1 Å². The zero-order chi connectivity index (χ0) is 8.89. The molecule has 0 radical (unpaired) electrons. The van der Waals surface area contributed by atoms with Gasteiger partial charge in [-0.2, -0.15) is 0 Å². The average molecular weight is 176 g/mol. The van der Waals surface area contributed by atoms with Gasteiger partial charge in [-0.15, -0.1) is 0 Å². The number of carbonyl (C=O) groups excluding carboxylic acids is 1. The number of carbonyl (C=O) groups is 1. The lowest BCUT2D eigenvalue weighted by Gasteiger charge is -2.41. The van der Waals surface area contributed by atoms with Crippen molar-refractivity contribution in [2.75, 3.05) is 0 Å². The first-order valence-corrected chi connectivity index (χ1v) is 5.51. The van der Waals surface area contributed by atoms with Gasteiger partial charge in [-0.3, -0.25) is 0 Å². The van der Waals surface area contributed by atoms with Gasteiger partial charge in [-0.25, -0.2) is 0 Å². The van der Waals surface area contributed by atoms with Crippen LogP contribution >= 0.6 is 0 Å². The minimum Gasteiger partial charge on any atom is -0.303 e. The third-order valence-corrected chi connectivity index (χ3v) is 4.61. The van der Waals surface area contributed by atoms with E-state index in [0.29, 0.717) is 11.8 Å². The van der Waals surface area contributed by atoms with Gasteiger partial charge in [-0.1, -0.05) is 25.0 Å². The SMILES string of the molecule is O=C[C@@]12CCCC[C@@H]1[C@@H]1C=C[C@H]2C1. The fourth-order valence-electron chi connectivity index (χ4n) is 3.98. The average Bonchev–Trinajstić information content (AvgIpc) is 2.77. The molecule has 4 atom stereocenters. The summed E-state index contributed by atoms with van der Waals surface area (Å²) in [7, 11) is 0. The van der Waals surface area contributed by atoms with E-state index in [4.69, 9.17) is 0 Å². The zero-order valence-electron chi connectivity index (χ0n) is 7.91. The van der Waals surface area contributed by atoms with Crippen LogP contribution < -0.4 is 0 Å². The first-order chi connectivity index (χ1) is 6.37. The van der Waals surface area contributed by atoms with Gasteiger partial charge in [0.15, 0.2) is 0 Å². The smallest absolute Gasteiger partial charge is 0.127 e. The van der Waals surface area contributed by atoms with Gasteiger partial charge in [0.25, 0.3) is 0 Å². The number of fused-ring (bicyclic) bond motifs is 5. The summed E-state index contributed by atoms with van der Waals surface area (Å²) in [6.45, 7) is 0. The predicted molar refractivity (Wildman–Crippen MR) is 51.2 cm³/mol. The molecule has 0 saturated heterocycles. The second-order valence-electron chi connectivity index (χ2n) is 4.97. The Bertz CT molecular complexity index is 268. The second-order valence-corrected chi connectivity index (χ2v) is 4.97. The van der Waals surface area contributed by atoms with Crippen molar-refractivity contribution in [3.05, 3.63) is 12.2 Å². The molecule has 70 valence electrons. The maximum absolute atomic E-state index is 11.3. The standard InChI is InChI=1S/C12H16O/c13-8-12-6-2-1-3-11(12)9-4-5-10(12)7-9/h4-5,8-11H,1-3,6-7H2/t9-,10+,11-,12-/m1/s1. The summed E-state index contributed by atoms with van der Waals surface area (Å²) in [6.07, 6.45) is 12.3. The van der Waals surface area contributed by atoms with E-state index in [9.17, 15) is 4.79 Å². The van der Waals surface area contributed by atoms with Gasteiger partial charge in [0.1, 0.15) is 6.29 Å². The zero-order valence-corrected chi connectivity index (χ0v) is 7.91.